The molecule has 16 nitrogen and oxygen atoms in total. The second kappa shape index (κ2) is 36.1. The van der Waals surface area contributed by atoms with Gasteiger partial charge in [0, 0.05) is 109 Å². The molecule has 0 radical (unpaired) electrons. The lowest BCUT2D eigenvalue weighted by molar-refractivity contribution is -0.143. The molecule has 11 rings (SSSR count). The fraction of sp³-hybridized carbons (Fsp3) is 0.468. The van der Waals surface area contributed by atoms with Gasteiger partial charge in [-0.2, -0.15) is 26.3 Å². The molecule has 4 heterocycles. The second-order valence-corrected chi connectivity index (χ2v) is 27.5. The zero-order valence-electron chi connectivity index (χ0n) is 58.3. The molecule has 0 aromatic heterocycles. The Kier molecular flexibility index (Phi) is 28.5. The number of fused-ring (bicyclic) bond motifs is 3. The Hall–Kier alpha value is -7.35. The van der Waals surface area contributed by atoms with Gasteiger partial charge in [-0.1, -0.05) is 97.4 Å². The molecule has 0 bridgehead atoms. The van der Waals surface area contributed by atoms with Crippen LogP contribution in [0.2, 0.25) is 0 Å². The SMILES string of the molecule is CN(CCN1CCC(OC(=O)Nc2ccccc2-c2ccccc2)CC1)C(=O)CCCCCN1CCc2cc(C(=O)N(C)CCCN(C)C(=O)CO[C@H]3Cc4ccccc4C34CCN(CC[C@]3(c5ccc(F)cc5)CN(C(=O)c5cc(C(F)(F)F)cc(C(F)(F)F)c5)CO3)CC4)ccc2C1.Cl.Cl.Cl. The first-order valence-corrected chi connectivity index (χ1v) is 34.8. The maximum Gasteiger partial charge on any atom is 0.416 e. The minimum Gasteiger partial charge on any atom is -0.446 e. The molecule has 0 saturated carbocycles. The number of alkyl halides is 6. The van der Waals surface area contributed by atoms with Crippen LogP contribution in [-0.4, -0.2) is 189 Å². The molecule has 4 aliphatic heterocycles. The van der Waals surface area contributed by atoms with Crippen LogP contribution in [0.25, 0.3) is 11.1 Å². The first-order chi connectivity index (χ1) is 47.9. The lowest BCUT2D eigenvalue weighted by atomic mass is 9.72. The van der Waals surface area contributed by atoms with Gasteiger partial charge in [0.25, 0.3) is 11.8 Å². The number of piperidine rings is 2. The van der Waals surface area contributed by atoms with Gasteiger partial charge >= 0.3 is 18.4 Å². The quantitative estimate of drug-likeness (QED) is 0.0431. The number of hydrogen-bond acceptors (Lipinski definition) is 11. The number of nitrogens with zero attached hydrogens (tertiary/aromatic N) is 7. The Balaban J connectivity index is 0.00000448. The summed E-state index contributed by atoms with van der Waals surface area (Å²) in [4.78, 5) is 80.5. The fourth-order valence-corrected chi connectivity index (χ4v) is 14.9. The summed E-state index contributed by atoms with van der Waals surface area (Å²) in [6.07, 6.45) is -2.83. The largest absolute Gasteiger partial charge is 0.446 e. The van der Waals surface area contributed by atoms with Crippen LogP contribution >= 0.6 is 37.2 Å². The molecule has 6 aromatic carbocycles. The van der Waals surface area contributed by atoms with Gasteiger partial charge in [-0.05, 0) is 166 Å². The van der Waals surface area contributed by atoms with Crippen molar-refractivity contribution in [1.29, 1.82) is 0 Å². The van der Waals surface area contributed by atoms with Crippen LogP contribution in [-0.2, 0) is 66.6 Å². The number of rotatable bonds is 25. The monoisotopic (exact) mass is 1490 g/mol. The molecule has 5 aliphatic rings. The second-order valence-electron chi connectivity index (χ2n) is 27.5. The molecule has 5 amide bonds. The number of halogens is 10. The zero-order chi connectivity index (χ0) is 70.8. The predicted octanol–water partition coefficient (Wildman–Crippen LogP) is 14.2. The highest BCUT2D eigenvalue weighted by Gasteiger charge is 2.50. The maximum atomic E-state index is 14.3. The molecule has 1 N–H and O–H groups in total. The van der Waals surface area contributed by atoms with E-state index in [0.29, 0.717) is 100 Å². The summed E-state index contributed by atoms with van der Waals surface area (Å²) in [5, 5.41) is 2.94. The molecule has 6 aromatic rings. The number of carbonyl (C=O) groups is 5. The first-order valence-electron chi connectivity index (χ1n) is 34.8. The van der Waals surface area contributed by atoms with Gasteiger partial charge in [0.15, 0.2) is 0 Å². The number of hydrogen-bond donors (Lipinski definition) is 1. The van der Waals surface area contributed by atoms with Gasteiger partial charge in [0.1, 0.15) is 30.9 Å². The number of unbranched alkanes of at least 4 members (excludes halogenated alkanes) is 2. The van der Waals surface area contributed by atoms with Gasteiger partial charge < -0.3 is 43.6 Å². The Morgan fingerprint density at radius 1 is 0.612 bits per heavy atom. The minimum atomic E-state index is -5.15. The molecule has 2 atom stereocenters. The van der Waals surface area contributed by atoms with Crippen LogP contribution in [0.3, 0.4) is 0 Å². The third-order valence-corrected chi connectivity index (χ3v) is 20.9. The highest BCUT2D eigenvalue weighted by Crippen LogP contribution is 2.49. The van der Waals surface area contributed by atoms with E-state index in [1.807, 2.05) is 90.8 Å². The van der Waals surface area contributed by atoms with Crippen molar-refractivity contribution < 1.29 is 68.9 Å². The van der Waals surface area contributed by atoms with Crippen molar-refractivity contribution in [2.24, 2.45) is 0 Å². The van der Waals surface area contributed by atoms with Crippen molar-refractivity contribution >= 4 is 72.6 Å². The number of carbonyl (C=O) groups excluding carboxylic acids is 5. The molecule has 103 heavy (non-hydrogen) atoms. The number of likely N-dealkylation sites (tertiary alicyclic amines) is 2. The van der Waals surface area contributed by atoms with E-state index in [2.05, 4.69) is 38.2 Å². The van der Waals surface area contributed by atoms with Crippen molar-refractivity contribution in [2.45, 2.75) is 119 Å². The first kappa shape index (κ1) is 81.3. The van der Waals surface area contributed by atoms with Gasteiger partial charge in [-0.3, -0.25) is 29.4 Å². The van der Waals surface area contributed by atoms with Gasteiger partial charge in [-0.15, -0.1) is 37.2 Å². The molecule has 558 valence electrons. The van der Waals surface area contributed by atoms with Crippen molar-refractivity contribution in [3.8, 4) is 11.1 Å². The highest BCUT2D eigenvalue weighted by atomic mass is 35.5. The number of nitrogens with one attached hydrogen (secondary N) is 1. The van der Waals surface area contributed by atoms with Gasteiger partial charge in [0.2, 0.25) is 11.8 Å². The Morgan fingerprint density at radius 3 is 1.97 bits per heavy atom. The highest BCUT2D eigenvalue weighted by molar-refractivity contribution is 5.95. The van der Waals surface area contributed by atoms with Crippen LogP contribution in [0.5, 0.6) is 0 Å². The summed E-state index contributed by atoms with van der Waals surface area (Å²) in [6, 6.07) is 38.0. The van der Waals surface area contributed by atoms with E-state index < -0.39 is 64.6 Å². The standard InChI is InChI=1S/C77H89F7N8O8.3ClH/c1-86(70(94)51-98-68-48-56-17-9-11-19-66(56)74(68)31-40-90(41-32-74)42-33-75(60-24-26-63(78)27-25-60)52-92(53-99-75)72(96)59-46-61(76(79,80)81)49-62(47-59)77(82,83)84)34-14-35-88(3)71(95)57-22-23-58-50-91(37-28-55(58)45-57)36-13-5-8-21-69(93)87(2)43-44-89-38-29-64(30-39-89)100-73(97)85-67-20-12-10-18-65(67)54-15-6-4-7-16-54;;;/h4,6-7,9-12,15-20,22-27,45-47,49,64,68H,5,8,13-14,21,28-44,48,50-53H2,1-3H3,(H,85,97);3*1H/t68-,75+;;;/m0.../s1. The van der Waals surface area contributed by atoms with E-state index in [-0.39, 0.29) is 92.8 Å². The number of likely N-dealkylation sites (N-methyl/N-ethyl adjacent to an activating group) is 2. The van der Waals surface area contributed by atoms with Crippen molar-refractivity contribution in [2.75, 3.05) is 118 Å². The van der Waals surface area contributed by atoms with E-state index in [0.717, 1.165) is 99.4 Å². The van der Waals surface area contributed by atoms with Crippen LogP contribution in [0.4, 0.5) is 41.2 Å². The molecule has 1 aliphatic carbocycles. The predicted molar refractivity (Wildman–Crippen MR) is 387 cm³/mol. The number of anilines is 1. The molecule has 3 saturated heterocycles. The van der Waals surface area contributed by atoms with E-state index in [9.17, 15) is 54.7 Å². The molecular formula is C77H92Cl3F7N8O8. The van der Waals surface area contributed by atoms with E-state index >= 15 is 0 Å². The van der Waals surface area contributed by atoms with Crippen molar-refractivity contribution in [3.05, 3.63) is 195 Å². The van der Waals surface area contributed by atoms with E-state index in [1.54, 1.807) is 23.9 Å². The van der Waals surface area contributed by atoms with Crippen LogP contribution in [0.15, 0.2) is 140 Å². The van der Waals surface area contributed by atoms with E-state index in [4.69, 9.17) is 14.2 Å². The number of ether oxygens (including phenoxy) is 3. The number of amides is 5. The normalized spacial score (nSPS) is 18.3. The average molecular weight is 1500 g/mol. The fourth-order valence-electron chi connectivity index (χ4n) is 14.9. The van der Waals surface area contributed by atoms with E-state index in [1.165, 1.54) is 41.0 Å². The lowest BCUT2D eigenvalue weighted by Gasteiger charge is -2.44. The minimum absolute atomic E-state index is 0. The van der Waals surface area contributed by atoms with Crippen LogP contribution in [0.1, 0.15) is 124 Å². The molecule has 0 unspecified atom stereocenters. The van der Waals surface area contributed by atoms with Crippen LogP contribution < -0.4 is 5.32 Å². The van der Waals surface area contributed by atoms with Crippen molar-refractivity contribution in [3.63, 3.8) is 0 Å². The Bertz CT molecular complexity index is 3810. The van der Waals surface area contributed by atoms with Gasteiger partial charge in [0.05, 0.1) is 29.5 Å². The maximum absolute atomic E-state index is 14.3. The summed E-state index contributed by atoms with van der Waals surface area (Å²) in [7, 11) is 5.39. The zero-order valence-corrected chi connectivity index (χ0v) is 60.7. The summed E-state index contributed by atoms with van der Waals surface area (Å²) >= 11 is 0. The molecule has 1 spiro atoms. The smallest absolute Gasteiger partial charge is 0.416 e. The van der Waals surface area contributed by atoms with Gasteiger partial charge in [-0.25, -0.2) is 9.18 Å². The summed E-state index contributed by atoms with van der Waals surface area (Å²) in [5.41, 5.74) is 2.82. The topological polar surface area (TPSA) is 148 Å². The third kappa shape index (κ3) is 20.4. The van der Waals surface area contributed by atoms with Crippen molar-refractivity contribution in [1.82, 2.24) is 34.3 Å². The van der Waals surface area contributed by atoms with Crippen LogP contribution in [0, 0.1) is 5.82 Å². The molecule has 3 fully saturated rings. The third-order valence-electron chi connectivity index (χ3n) is 20.9. The summed E-state index contributed by atoms with van der Waals surface area (Å²) in [6.45, 7) is 7.35. The number of para-hydroxylation sites is 1. The Labute approximate surface area is 616 Å². The molecular weight excluding hydrogens is 1400 g/mol. The summed E-state index contributed by atoms with van der Waals surface area (Å²) < 4.78 is 116. The number of benzene rings is 6. The molecule has 26 heteroatoms. The lowest BCUT2D eigenvalue weighted by Crippen LogP contribution is -2.50. The Morgan fingerprint density at radius 2 is 1.26 bits per heavy atom. The average Bonchev–Trinajstić information content (AvgIpc) is 1.57. The summed E-state index contributed by atoms with van der Waals surface area (Å²) in [5.74, 6) is -1.72.